The predicted molar refractivity (Wildman–Crippen MR) is 122 cm³/mol. The summed E-state index contributed by atoms with van der Waals surface area (Å²) in [5, 5.41) is 21.6. The molecule has 1 aromatic carbocycles. The molecule has 174 valence electrons. The lowest BCUT2D eigenvalue weighted by Crippen LogP contribution is -2.60. The Kier molecular flexibility index (Phi) is 5.09. The summed E-state index contributed by atoms with van der Waals surface area (Å²) in [6.45, 7) is 1.77. The fraction of sp³-hybridized carbons (Fsp3) is 0.519. The van der Waals surface area contributed by atoms with Crippen molar-refractivity contribution in [3.05, 3.63) is 51.6 Å². The number of ketones is 1. The Labute approximate surface area is 197 Å². The number of halogens is 3. The van der Waals surface area contributed by atoms with Gasteiger partial charge in [-0.3, -0.25) is 4.79 Å². The zero-order valence-electron chi connectivity index (χ0n) is 18.5. The number of hydrogen-bond acceptors (Lipinski definition) is 3. The molecule has 0 spiro atoms. The fourth-order valence-electron chi connectivity index (χ4n) is 7.36. The summed E-state index contributed by atoms with van der Waals surface area (Å²) in [4.78, 5) is 12.3. The third-order valence-corrected chi connectivity index (χ3v) is 9.43. The van der Waals surface area contributed by atoms with Gasteiger partial charge in [-0.2, -0.15) is 8.78 Å². The molecule has 4 aliphatic carbocycles. The molecule has 6 heteroatoms. The number of carbonyl (C=O) groups is 1. The van der Waals surface area contributed by atoms with Gasteiger partial charge in [0.2, 0.25) is 0 Å². The van der Waals surface area contributed by atoms with Crippen LogP contribution in [0.25, 0.3) is 0 Å². The van der Waals surface area contributed by atoms with Crippen LogP contribution >= 0.6 is 11.6 Å². The second kappa shape index (κ2) is 7.42. The standard InChI is InChI=1S/C27H27ClF2O3/c1-3-27(29,30)26(33)13-12-21-19-9-8-18-17(10-11-22(32)24(18)28)23(19)20(14-25(21,26)2)15-4-6-16(31)7-5-15/h1,4-7,19-21,31,33H,8-14H2,2H3/t19-,20?,21-,25-,26-/m0/s1. The summed E-state index contributed by atoms with van der Waals surface area (Å²) in [6.07, 6.45) is 8.22. The third-order valence-electron chi connectivity index (χ3n) is 9.00. The van der Waals surface area contributed by atoms with Crippen LogP contribution in [0, 0.1) is 29.6 Å². The molecule has 0 aliphatic heterocycles. The molecule has 1 aromatic rings. The van der Waals surface area contributed by atoms with E-state index >= 15 is 8.78 Å². The topological polar surface area (TPSA) is 57.5 Å². The molecule has 33 heavy (non-hydrogen) atoms. The van der Waals surface area contributed by atoms with Crippen molar-refractivity contribution in [3.63, 3.8) is 0 Å². The van der Waals surface area contributed by atoms with Crippen molar-refractivity contribution in [3.8, 4) is 18.1 Å². The Bertz CT molecular complexity index is 1130. The van der Waals surface area contributed by atoms with Crippen LogP contribution in [0.5, 0.6) is 5.75 Å². The van der Waals surface area contributed by atoms with Crippen molar-refractivity contribution in [2.45, 2.75) is 69.3 Å². The number of terminal acetylenes is 1. The quantitative estimate of drug-likeness (QED) is 0.530. The second-order valence-corrected chi connectivity index (χ2v) is 10.7. The van der Waals surface area contributed by atoms with Crippen LogP contribution in [0.15, 0.2) is 46.0 Å². The molecule has 2 N–H and O–H groups in total. The van der Waals surface area contributed by atoms with Gasteiger partial charge < -0.3 is 10.2 Å². The van der Waals surface area contributed by atoms with E-state index in [4.69, 9.17) is 18.0 Å². The maximum Gasteiger partial charge on any atom is 0.336 e. The number of alkyl halides is 2. The molecule has 4 aliphatic rings. The van der Waals surface area contributed by atoms with Crippen LogP contribution in [-0.4, -0.2) is 27.5 Å². The van der Waals surface area contributed by atoms with Crippen molar-refractivity contribution in [2.24, 2.45) is 17.3 Å². The summed E-state index contributed by atoms with van der Waals surface area (Å²) >= 11 is 6.45. The van der Waals surface area contributed by atoms with Crippen molar-refractivity contribution < 1.29 is 23.8 Å². The first-order valence-electron chi connectivity index (χ1n) is 11.6. The van der Waals surface area contributed by atoms with Gasteiger partial charge in [0.05, 0.1) is 5.03 Å². The molecule has 0 bridgehead atoms. The van der Waals surface area contributed by atoms with Crippen molar-refractivity contribution in [1.82, 2.24) is 0 Å². The first kappa shape index (κ1) is 22.6. The average Bonchev–Trinajstić information content (AvgIpc) is 3.08. The monoisotopic (exact) mass is 472 g/mol. The predicted octanol–water partition coefficient (Wildman–Crippen LogP) is 5.86. The Hall–Kier alpha value is -2.16. The number of allylic oxidation sites excluding steroid dienone is 4. The number of rotatable bonds is 2. The number of fused-ring (bicyclic) bond motifs is 4. The molecular formula is C27H27ClF2O3. The number of aromatic hydroxyl groups is 1. The fourth-order valence-corrected chi connectivity index (χ4v) is 7.66. The van der Waals surface area contributed by atoms with Crippen LogP contribution in [0.3, 0.4) is 0 Å². The highest BCUT2D eigenvalue weighted by Gasteiger charge is 2.71. The highest BCUT2D eigenvalue weighted by atomic mass is 35.5. The van der Waals surface area contributed by atoms with Gasteiger partial charge in [-0.1, -0.05) is 36.2 Å². The SMILES string of the molecule is C#CC(F)(F)[C@]1(O)CC[C@H]2[C@@H]3CCC4=C(Cl)C(=O)CCC4=C3C(c3ccc(O)cc3)C[C@@]21C. The van der Waals surface area contributed by atoms with E-state index in [-0.39, 0.29) is 35.7 Å². The molecular weight excluding hydrogens is 446 g/mol. The van der Waals surface area contributed by atoms with Gasteiger partial charge in [0, 0.05) is 17.8 Å². The van der Waals surface area contributed by atoms with Crippen LogP contribution < -0.4 is 0 Å². The molecule has 0 heterocycles. The number of benzene rings is 1. The van der Waals surface area contributed by atoms with E-state index < -0.39 is 16.9 Å². The van der Waals surface area contributed by atoms with Gasteiger partial charge in [-0.05, 0) is 85.1 Å². The smallest absolute Gasteiger partial charge is 0.336 e. The van der Waals surface area contributed by atoms with E-state index in [1.54, 1.807) is 25.0 Å². The van der Waals surface area contributed by atoms with Gasteiger partial charge in [-0.15, -0.1) is 6.42 Å². The van der Waals surface area contributed by atoms with E-state index in [0.29, 0.717) is 43.6 Å². The summed E-state index contributed by atoms with van der Waals surface area (Å²) in [5.41, 5.74) is 0.677. The molecule has 0 aromatic heterocycles. The maximum atomic E-state index is 15.0. The van der Waals surface area contributed by atoms with Crippen LogP contribution in [0.2, 0.25) is 0 Å². The lowest BCUT2D eigenvalue weighted by Gasteiger charge is -2.55. The molecule has 0 radical (unpaired) electrons. The maximum absolute atomic E-state index is 15.0. The zero-order chi connectivity index (χ0) is 23.8. The highest BCUT2D eigenvalue weighted by molar-refractivity contribution is 6.43. The molecule has 5 rings (SSSR count). The van der Waals surface area contributed by atoms with Crippen LogP contribution in [0.1, 0.15) is 63.4 Å². The number of phenols is 1. The molecule has 3 nitrogen and oxygen atoms in total. The largest absolute Gasteiger partial charge is 0.508 e. The minimum Gasteiger partial charge on any atom is -0.508 e. The second-order valence-electron chi connectivity index (χ2n) is 10.3. The number of Topliss-reactive ketones (excluding diaryl/α,β-unsaturated/α-hetero) is 1. The molecule has 2 fully saturated rings. The molecule has 0 saturated heterocycles. The Morgan fingerprint density at radius 1 is 1.15 bits per heavy atom. The van der Waals surface area contributed by atoms with E-state index in [2.05, 4.69) is 0 Å². The minimum atomic E-state index is -3.64. The average molecular weight is 473 g/mol. The normalized spacial score (nSPS) is 36.2. The lowest BCUT2D eigenvalue weighted by atomic mass is 9.50. The summed E-state index contributed by atoms with van der Waals surface area (Å²) in [7, 11) is 0. The third kappa shape index (κ3) is 3.00. The van der Waals surface area contributed by atoms with E-state index in [1.807, 2.05) is 12.1 Å². The lowest BCUT2D eigenvalue weighted by molar-refractivity contribution is -0.209. The minimum absolute atomic E-state index is 0.00145. The van der Waals surface area contributed by atoms with Gasteiger partial charge in [0.15, 0.2) is 5.78 Å². The number of aliphatic hydroxyl groups is 1. The highest BCUT2D eigenvalue weighted by Crippen LogP contribution is 2.69. The van der Waals surface area contributed by atoms with Crippen molar-refractivity contribution in [2.75, 3.05) is 0 Å². The number of hydrogen-bond donors (Lipinski definition) is 2. The molecule has 2 saturated carbocycles. The van der Waals surface area contributed by atoms with Crippen LogP contribution in [0.4, 0.5) is 8.78 Å². The van der Waals surface area contributed by atoms with Crippen molar-refractivity contribution in [1.29, 1.82) is 0 Å². The molecule has 5 atom stereocenters. The van der Waals surface area contributed by atoms with E-state index in [1.165, 1.54) is 5.57 Å². The summed E-state index contributed by atoms with van der Waals surface area (Å²) < 4.78 is 30.1. The Morgan fingerprint density at radius 3 is 2.52 bits per heavy atom. The number of carbonyl (C=O) groups excluding carboxylic acids is 1. The summed E-state index contributed by atoms with van der Waals surface area (Å²) in [6, 6.07) is 6.82. The van der Waals surface area contributed by atoms with Crippen molar-refractivity contribution >= 4 is 17.4 Å². The first-order valence-corrected chi connectivity index (χ1v) is 11.9. The van der Waals surface area contributed by atoms with Gasteiger partial charge in [0.1, 0.15) is 11.4 Å². The zero-order valence-corrected chi connectivity index (χ0v) is 19.3. The van der Waals surface area contributed by atoms with E-state index in [9.17, 15) is 15.0 Å². The summed E-state index contributed by atoms with van der Waals surface area (Å²) in [5.74, 6) is -2.35. The van der Waals surface area contributed by atoms with Crippen LogP contribution in [-0.2, 0) is 4.79 Å². The van der Waals surface area contributed by atoms with Gasteiger partial charge in [0.25, 0.3) is 0 Å². The first-order chi connectivity index (χ1) is 15.5. The Balaban J connectivity index is 1.72. The molecule has 0 amide bonds. The number of phenolic OH excluding ortho intramolecular Hbond substituents is 1. The Morgan fingerprint density at radius 2 is 1.85 bits per heavy atom. The van der Waals surface area contributed by atoms with Gasteiger partial charge >= 0.3 is 5.92 Å². The molecule has 1 unspecified atom stereocenters. The van der Waals surface area contributed by atoms with Gasteiger partial charge in [-0.25, -0.2) is 0 Å². The van der Waals surface area contributed by atoms with E-state index in [0.717, 1.165) is 16.7 Å².